The molecule has 26 heavy (non-hydrogen) atoms. The molecule has 6 heteroatoms. The van der Waals surface area contributed by atoms with E-state index in [1.165, 1.54) is 12.3 Å². The Hall–Kier alpha value is -3.67. The van der Waals surface area contributed by atoms with E-state index in [4.69, 9.17) is 9.47 Å². The number of carbonyl (C=O) groups is 2. The van der Waals surface area contributed by atoms with Crippen LogP contribution in [0.5, 0.6) is 11.6 Å². The van der Waals surface area contributed by atoms with Gasteiger partial charge in [-0.2, -0.15) is 0 Å². The van der Waals surface area contributed by atoms with Crippen molar-refractivity contribution in [1.82, 2.24) is 4.98 Å². The van der Waals surface area contributed by atoms with Crippen LogP contribution in [0, 0.1) is 0 Å². The summed E-state index contributed by atoms with van der Waals surface area (Å²) in [6, 6.07) is 18.7. The Labute approximate surface area is 149 Å². The first kappa shape index (κ1) is 17.2. The molecule has 130 valence electrons. The maximum Gasteiger partial charge on any atom is 0.349 e. The third-order valence-electron chi connectivity index (χ3n) is 3.52. The van der Waals surface area contributed by atoms with Crippen molar-refractivity contribution in [3.8, 4) is 11.6 Å². The molecule has 1 N–H and O–H groups in total. The van der Waals surface area contributed by atoms with Crippen LogP contribution in [0.15, 0.2) is 72.9 Å². The summed E-state index contributed by atoms with van der Waals surface area (Å²) in [6.07, 6.45) is 1.22. The van der Waals surface area contributed by atoms with E-state index in [0.29, 0.717) is 0 Å². The second kappa shape index (κ2) is 7.94. The van der Waals surface area contributed by atoms with Crippen molar-refractivity contribution in [3.05, 3.63) is 89.6 Å². The van der Waals surface area contributed by atoms with Gasteiger partial charge in [-0.15, -0.1) is 0 Å². The van der Waals surface area contributed by atoms with Crippen LogP contribution in [0.4, 0.5) is 0 Å². The van der Waals surface area contributed by atoms with Gasteiger partial charge in [0.05, 0.1) is 5.56 Å². The van der Waals surface area contributed by atoms with Crippen molar-refractivity contribution in [2.24, 2.45) is 0 Å². The van der Waals surface area contributed by atoms with Crippen molar-refractivity contribution in [3.63, 3.8) is 0 Å². The van der Waals surface area contributed by atoms with Gasteiger partial charge in [-0.3, -0.25) is 0 Å². The molecule has 2 aromatic carbocycles. The topological polar surface area (TPSA) is 85.7 Å². The lowest BCUT2D eigenvalue weighted by Gasteiger charge is -2.10. The lowest BCUT2D eigenvalue weighted by atomic mass is 10.1. The van der Waals surface area contributed by atoms with Gasteiger partial charge >= 0.3 is 11.9 Å². The van der Waals surface area contributed by atoms with Gasteiger partial charge in [0.25, 0.3) is 0 Å². The van der Waals surface area contributed by atoms with Crippen molar-refractivity contribution in [1.29, 1.82) is 0 Å². The number of esters is 2. The summed E-state index contributed by atoms with van der Waals surface area (Å²) in [5, 5.41) is 9.95. The standard InChI is InChI=1S/C20H15NO5/c22-18-17(20(24)26-15-9-5-2-6-10-15)16(11-12-21-18)19(23)25-13-14-7-3-1-4-8-14/h1-12H,13H2,(H,21,22). The molecular formula is C20H15NO5. The van der Waals surface area contributed by atoms with Crippen LogP contribution in [0.25, 0.3) is 0 Å². The normalized spacial score (nSPS) is 10.2. The Morgan fingerprint density at radius 2 is 1.54 bits per heavy atom. The summed E-state index contributed by atoms with van der Waals surface area (Å²) in [5.41, 5.74) is 0.344. The van der Waals surface area contributed by atoms with Gasteiger partial charge in [0, 0.05) is 6.20 Å². The highest BCUT2D eigenvalue weighted by Gasteiger charge is 2.25. The molecule has 0 aliphatic carbocycles. The lowest BCUT2D eigenvalue weighted by molar-refractivity contribution is 0.0464. The van der Waals surface area contributed by atoms with Gasteiger partial charge in [0.2, 0.25) is 5.88 Å². The number of rotatable bonds is 5. The van der Waals surface area contributed by atoms with Crippen LogP contribution in [0.1, 0.15) is 26.3 Å². The maximum absolute atomic E-state index is 12.4. The first-order chi connectivity index (χ1) is 12.6. The van der Waals surface area contributed by atoms with Crippen LogP contribution < -0.4 is 4.74 Å². The maximum atomic E-state index is 12.4. The molecule has 0 aliphatic rings. The average molecular weight is 349 g/mol. The van der Waals surface area contributed by atoms with Crippen molar-refractivity contribution >= 4 is 11.9 Å². The summed E-state index contributed by atoms with van der Waals surface area (Å²) in [6.45, 7) is 0.0376. The molecule has 3 rings (SSSR count). The number of aromatic nitrogens is 1. The molecule has 0 saturated heterocycles. The van der Waals surface area contributed by atoms with E-state index >= 15 is 0 Å². The fourth-order valence-electron chi connectivity index (χ4n) is 2.27. The molecule has 1 heterocycles. The largest absolute Gasteiger partial charge is 0.493 e. The van der Waals surface area contributed by atoms with Crippen LogP contribution in [0.2, 0.25) is 0 Å². The highest BCUT2D eigenvalue weighted by Crippen LogP contribution is 2.22. The molecule has 0 spiro atoms. The Balaban J connectivity index is 1.80. The molecule has 0 aliphatic heterocycles. The first-order valence-electron chi connectivity index (χ1n) is 7.81. The highest BCUT2D eigenvalue weighted by atomic mass is 16.5. The first-order valence-corrected chi connectivity index (χ1v) is 7.81. The quantitative estimate of drug-likeness (QED) is 0.561. The van der Waals surface area contributed by atoms with Crippen molar-refractivity contribution in [2.75, 3.05) is 0 Å². The summed E-state index contributed by atoms with van der Waals surface area (Å²) in [4.78, 5) is 28.4. The van der Waals surface area contributed by atoms with Crippen LogP contribution in [-0.2, 0) is 11.3 Å². The van der Waals surface area contributed by atoms with Crippen molar-refractivity contribution in [2.45, 2.75) is 6.61 Å². The van der Waals surface area contributed by atoms with E-state index in [1.54, 1.807) is 30.3 Å². The summed E-state index contributed by atoms with van der Waals surface area (Å²) in [5.74, 6) is -1.97. The van der Waals surface area contributed by atoms with Gasteiger partial charge < -0.3 is 14.6 Å². The number of hydrogen-bond donors (Lipinski definition) is 1. The zero-order chi connectivity index (χ0) is 18.4. The minimum Gasteiger partial charge on any atom is -0.493 e. The Kier molecular flexibility index (Phi) is 5.24. The second-order valence-corrected chi connectivity index (χ2v) is 5.32. The zero-order valence-corrected chi connectivity index (χ0v) is 13.7. The number of aromatic hydroxyl groups is 1. The average Bonchev–Trinajstić information content (AvgIpc) is 2.67. The SMILES string of the molecule is O=C(OCc1ccccc1)c1ccnc(O)c1C(=O)Oc1ccccc1. The molecule has 0 unspecified atom stereocenters. The number of nitrogens with zero attached hydrogens (tertiary/aromatic N) is 1. The minimum atomic E-state index is -0.895. The van der Waals surface area contributed by atoms with Gasteiger partial charge in [-0.25, -0.2) is 14.6 Å². The fraction of sp³-hybridized carbons (Fsp3) is 0.0500. The number of hydrogen-bond acceptors (Lipinski definition) is 6. The van der Waals surface area contributed by atoms with E-state index < -0.39 is 17.8 Å². The van der Waals surface area contributed by atoms with E-state index in [1.807, 2.05) is 30.3 Å². The molecule has 0 saturated carbocycles. The predicted octanol–water partition coefficient (Wildman–Crippen LogP) is 3.36. The zero-order valence-electron chi connectivity index (χ0n) is 13.7. The van der Waals surface area contributed by atoms with Crippen LogP contribution >= 0.6 is 0 Å². The van der Waals surface area contributed by atoms with Crippen LogP contribution in [-0.4, -0.2) is 22.0 Å². The Bertz CT molecular complexity index is 910. The number of ether oxygens (including phenoxy) is 2. The van der Waals surface area contributed by atoms with E-state index in [2.05, 4.69) is 4.98 Å². The predicted molar refractivity (Wildman–Crippen MR) is 92.9 cm³/mol. The molecule has 0 atom stereocenters. The number of carbonyl (C=O) groups excluding carboxylic acids is 2. The summed E-state index contributed by atoms with van der Waals surface area (Å²) < 4.78 is 10.4. The molecule has 0 fully saturated rings. The number of benzene rings is 2. The Morgan fingerprint density at radius 3 is 2.23 bits per heavy atom. The minimum absolute atomic E-state index is 0.0376. The van der Waals surface area contributed by atoms with Gasteiger partial charge in [-0.05, 0) is 23.8 Å². The molecular weight excluding hydrogens is 334 g/mol. The van der Waals surface area contributed by atoms with Gasteiger partial charge in [0.1, 0.15) is 17.9 Å². The van der Waals surface area contributed by atoms with E-state index in [0.717, 1.165) is 5.56 Å². The van der Waals surface area contributed by atoms with Gasteiger partial charge in [0.15, 0.2) is 0 Å². The molecule has 3 aromatic rings. The Morgan fingerprint density at radius 1 is 0.885 bits per heavy atom. The third kappa shape index (κ3) is 4.05. The molecule has 0 amide bonds. The van der Waals surface area contributed by atoms with Gasteiger partial charge in [-0.1, -0.05) is 48.5 Å². The fourth-order valence-corrected chi connectivity index (χ4v) is 2.27. The third-order valence-corrected chi connectivity index (χ3v) is 3.52. The summed E-state index contributed by atoms with van der Waals surface area (Å²) >= 11 is 0. The monoisotopic (exact) mass is 349 g/mol. The highest BCUT2D eigenvalue weighted by molar-refractivity contribution is 6.05. The number of pyridine rings is 1. The van der Waals surface area contributed by atoms with E-state index in [9.17, 15) is 14.7 Å². The molecule has 1 aromatic heterocycles. The molecule has 6 nitrogen and oxygen atoms in total. The molecule has 0 bridgehead atoms. The lowest BCUT2D eigenvalue weighted by Crippen LogP contribution is -2.16. The molecule has 0 radical (unpaired) electrons. The van der Waals surface area contributed by atoms with Crippen LogP contribution in [0.3, 0.4) is 0 Å². The number of para-hydroxylation sites is 1. The smallest absolute Gasteiger partial charge is 0.349 e. The van der Waals surface area contributed by atoms with Crippen molar-refractivity contribution < 1.29 is 24.2 Å². The van der Waals surface area contributed by atoms with E-state index in [-0.39, 0.29) is 23.5 Å². The summed E-state index contributed by atoms with van der Waals surface area (Å²) in [7, 11) is 0. The second-order valence-electron chi connectivity index (χ2n) is 5.32.